The second kappa shape index (κ2) is 4.93. The molecule has 0 bridgehead atoms. The van der Waals surface area contributed by atoms with Gasteiger partial charge in [0.1, 0.15) is 5.65 Å². The second-order valence-corrected chi connectivity index (χ2v) is 5.88. The van der Waals surface area contributed by atoms with E-state index in [9.17, 15) is 4.79 Å². The number of pyridine rings is 2. The van der Waals surface area contributed by atoms with Crippen LogP contribution in [0.25, 0.3) is 27.8 Å². The van der Waals surface area contributed by atoms with Crippen molar-refractivity contribution in [1.82, 2.24) is 19.1 Å². The third-order valence-corrected chi connectivity index (χ3v) is 4.24. The van der Waals surface area contributed by atoms with E-state index in [0.29, 0.717) is 21.9 Å². The number of fused-ring (bicyclic) bond motifs is 3. The molecule has 6 heteroatoms. The SMILES string of the molecule is Cc1ccc2c3c(ncn3C)c(=O)n(-c3ccccc3Cl)c2n1. The monoisotopic (exact) mass is 324 g/mol. The van der Waals surface area contributed by atoms with E-state index >= 15 is 0 Å². The predicted molar refractivity (Wildman–Crippen MR) is 91.4 cm³/mol. The van der Waals surface area contributed by atoms with Crippen LogP contribution in [-0.4, -0.2) is 19.1 Å². The Bertz CT molecular complexity index is 1130. The number of aryl methyl sites for hydroxylation is 2. The van der Waals surface area contributed by atoms with Gasteiger partial charge in [0, 0.05) is 18.1 Å². The average Bonchev–Trinajstić information content (AvgIpc) is 2.91. The first-order chi connectivity index (χ1) is 11.1. The smallest absolute Gasteiger partial charge is 0.284 e. The van der Waals surface area contributed by atoms with Gasteiger partial charge in [-0.2, -0.15) is 0 Å². The molecule has 0 spiro atoms. The van der Waals surface area contributed by atoms with E-state index in [4.69, 9.17) is 11.6 Å². The molecule has 0 amide bonds. The molecular formula is C17H13ClN4O. The van der Waals surface area contributed by atoms with Crippen molar-refractivity contribution in [2.45, 2.75) is 6.92 Å². The van der Waals surface area contributed by atoms with Crippen LogP contribution in [0.4, 0.5) is 0 Å². The fourth-order valence-electron chi connectivity index (χ4n) is 2.86. The third-order valence-electron chi connectivity index (χ3n) is 3.92. The lowest BCUT2D eigenvalue weighted by atomic mass is 10.2. The van der Waals surface area contributed by atoms with Gasteiger partial charge in [-0.25, -0.2) is 9.97 Å². The van der Waals surface area contributed by atoms with Crippen molar-refractivity contribution in [3.63, 3.8) is 0 Å². The Labute approximate surface area is 136 Å². The van der Waals surface area contributed by atoms with Crippen LogP contribution in [0.15, 0.2) is 47.5 Å². The summed E-state index contributed by atoms with van der Waals surface area (Å²) in [5, 5.41) is 1.36. The van der Waals surface area contributed by atoms with Crippen molar-refractivity contribution in [1.29, 1.82) is 0 Å². The predicted octanol–water partition coefficient (Wildman–Crippen LogP) is 3.23. The van der Waals surface area contributed by atoms with E-state index in [1.807, 2.05) is 48.9 Å². The van der Waals surface area contributed by atoms with Crippen LogP contribution in [0.5, 0.6) is 0 Å². The maximum atomic E-state index is 13.0. The zero-order chi connectivity index (χ0) is 16.1. The topological polar surface area (TPSA) is 52.7 Å². The number of hydrogen-bond donors (Lipinski definition) is 0. The highest BCUT2D eigenvalue weighted by molar-refractivity contribution is 6.32. The highest BCUT2D eigenvalue weighted by Gasteiger charge is 2.18. The molecule has 1 aromatic carbocycles. The van der Waals surface area contributed by atoms with Crippen molar-refractivity contribution in [2.24, 2.45) is 7.05 Å². The molecular weight excluding hydrogens is 312 g/mol. The van der Waals surface area contributed by atoms with Gasteiger partial charge in [0.05, 0.1) is 22.6 Å². The highest BCUT2D eigenvalue weighted by Crippen LogP contribution is 2.26. The van der Waals surface area contributed by atoms with Crippen LogP contribution in [0, 0.1) is 6.92 Å². The summed E-state index contributed by atoms with van der Waals surface area (Å²) in [6.07, 6.45) is 1.64. The van der Waals surface area contributed by atoms with Crippen LogP contribution in [-0.2, 0) is 7.05 Å². The van der Waals surface area contributed by atoms with Crippen molar-refractivity contribution >= 4 is 33.7 Å². The zero-order valence-electron chi connectivity index (χ0n) is 12.6. The van der Waals surface area contributed by atoms with Crippen LogP contribution in [0.2, 0.25) is 5.02 Å². The minimum absolute atomic E-state index is 0.223. The van der Waals surface area contributed by atoms with Gasteiger partial charge in [-0.15, -0.1) is 0 Å². The summed E-state index contributed by atoms with van der Waals surface area (Å²) >= 11 is 6.31. The molecule has 0 fully saturated rings. The standard InChI is InChI=1S/C17H13ClN4O/c1-10-7-8-11-15-14(19-9-21(15)2)17(23)22(16(11)20-10)13-6-4-3-5-12(13)18/h3-9H,1-2H3. The number of imidazole rings is 1. The molecule has 0 saturated heterocycles. The van der Waals surface area contributed by atoms with Crippen molar-refractivity contribution in [3.8, 4) is 5.69 Å². The minimum Gasteiger partial charge on any atom is -0.333 e. The summed E-state index contributed by atoms with van der Waals surface area (Å²) in [5.74, 6) is 0. The fourth-order valence-corrected chi connectivity index (χ4v) is 3.08. The first-order valence-corrected chi connectivity index (χ1v) is 7.54. The van der Waals surface area contributed by atoms with Crippen LogP contribution < -0.4 is 5.56 Å². The number of halogens is 1. The number of benzene rings is 1. The molecule has 0 aliphatic rings. The quantitative estimate of drug-likeness (QED) is 0.540. The molecule has 0 aliphatic heterocycles. The summed E-state index contributed by atoms with van der Waals surface area (Å²) in [4.78, 5) is 21.9. The molecule has 5 nitrogen and oxygen atoms in total. The second-order valence-electron chi connectivity index (χ2n) is 5.47. The molecule has 4 aromatic rings. The van der Waals surface area contributed by atoms with Gasteiger partial charge in [-0.1, -0.05) is 23.7 Å². The molecule has 0 atom stereocenters. The largest absolute Gasteiger partial charge is 0.333 e. The normalized spacial score (nSPS) is 11.4. The molecule has 0 radical (unpaired) electrons. The van der Waals surface area contributed by atoms with Gasteiger partial charge in [0.25, 0.3) is 5.56 Å². The Morgan fingerprint density at radius 1 is 1.13 bits per heavy atom. The summed E-state index contributed by atoms with van der Waals surface area (Å²) in [6.45, 7) is 1.90. The minimum atomic E-state index is -0.223. The summed E-state index contributed by atoms with van der Waals surface area (Å²) in [5.41, 5.74) is 2.99. The zero-order valence-corrected chi connectivity index (χ0v) is 13.4. The molecule has 3 aromatic heterocycles. The Morgan fingerprint density at radius 3 is 2.70 bits per heavy atom. The number of para-hydroxylation sites is 1. The maximum Gasteiger partial charge on any atom is 0.284 e. The third kappa shape index (κ3) is 1.97. The lowest BCUT2D eigenvalue weighted by molar-refractivity contribution is 0.949. The first kappa shape index (κ1) is 14.0. The number of aromatic nitrogens is 4. The summed E-state index contributed by atoms with van der Waals surface area (Å²) in [7, 11) is 1.87. The van der Waals surface area contributed by atoms with E-state index in [1.165, 1.54) is 0 Å². The summed E-state index contributed by atoms with van der Waals surface area (Å²) in [6, 6.07) is 11.1. The molecule has 0 aliphatic carbocycles. The van der Waals surface area contributed by atoms with Crippen molar-refractivity contribution in [2.75, 3.05) is 0 Å². The van der Waals surface area contributed by atoms with Crippen molar-refractivity contribution < 1.29 is 0 Å². The molecule has 0 unspecified atom stereocenters. The molecule has 114 valence electrons. The van der Waals surface area contributed by atoms with Crippen molar-refractivity contribution in [3.05, 3.63) is 63.8 Å². The molecule has 4 rings (SSSR count). The van der Waals surface area contributed by atoms with Gasteiger partial charge < -0.3 is 4.57 Å². The van der Waals surface area contributed by atoms with Gasteiger partial charge in [0.2, 0.25) is 0 Å². The maximum absolute atomic E-state index is 13.0. The Morgan fingerprint density at radius 2 is 1.91 bits per heavy atom. The van der Waals surface area contributed by atoms with Gasteiger partial charge >= 0.3 is 0 Å². The number of nitrogens with zero attached hydrogens (tertiary/aromatic N) is 4. The van der Waals surface area contributed by atoms with E-state index in [2.05, 4.69) is 9.97 Å². The molecule has 0 N–H and O–H groups in total. The lowest BCUT2D eigenvalue weighted by Crippen LogP contribution is -2.21. The Kier molecular flexibility index (Phi) is 2.99. The van der Waals surface area contributed by atoms with Crippen LogP contribution in [0.1, 0.15) is 5.69 Å². The fraction of sp³-hybridized carbons (Fsp3) is 0.118. The van der Waals surface area contributed by atoms with Gasteiger partial charge in [0.15, 0.2) is 5.52 Å². The lowest BCUT2D eigenvalue weighted by Gasteiger charge is -2.12. The first-order valence-electron chi connectivity index (χ1n) is 7.16. The molecule has 23 heavy (non-hydrogen) atoms. The van der Waals surface area contributed by atoms with Gasteiger partial charge in [-0.3, -0.25) is 9.36 Å². The van der Waals surface area contributed by atoms with E-state index in [1.54, 1.807) is 17.0 Å². The van der Waals surface area contributed by atoms with E-state index in [0.717, 1.165) is 16.6 Å². The molecule has 0 saturated carbocycles. The Hall–Kier alpha value is -2.66. The Balaban J connectivity index is 2.31. The van der Waals surface area contributed by atoms with Crippen LogP contribution in [0.3, 0.4) is 0 Å². The van der Waals surface area contributed by atoms with Gasteiger partial charge in [-0.05, 0) is 31.2 Å². The average molecular weight is 325 g/mol. The highest BCUT2D eigenvalue weighted by atomic mass is 35.5. The van der Waals surface area contributed by atoms with E-state index < -0.39 is 0 Å². The van der Waals surface area contributed by atoms with E-state index in [-0.39, 0.29) is 5.56 Å². The molecule has 3 heterocycles. The number of rotatable bonds is 1. The van der Waals surface area contributed by atoms with Crippen LogP contribution >= 0.6 is 11.6 Å². The number of hydrogen-bond acceptors (Lipinski definition) is 3. The summed E-state index contributed by atoms with van der Waals surface area (Å²) < 4.78 is 3.38.